The van der Waals surface area contributed by atoms with Crippen molar-refractivity contribution in [2.24, 2.45) is 5.92 Å². The molecule has 5 heteroatoms. The summed E-state index contributed by atoms with van der Waals surface area (Å²) in [6, 6.07) is 3.44. The van der Waals surface area contributed by atoms with Gasteiger partial charge >= 0.3 is 0 Å². The van der Waals surface area contributed by atoms with Gasteiger partial charge in [-0.25, -0.2) is 4.98 Å². The van der Waals surface area contributed by atoms with Crippen LogP contribution >= 0.6 is 15.9 Å². The summed E-state index contributed by atoms with van der Waals surface area (Å²) in [7, 11) is 0. The molecule has 1 heterocycles. The van der Waals surface area contributed by atoms with Gasteiger partial charge in [-0.15, -0.1) is 0 Å². The Bertz CT molecular complexity index is 439. The molecular formula is C14H19BrN2O2. The van der Waals surface area contributed by atoms with E-state index in [4.69, 9.17) is 0 Å². The zero-order valence-corrected chi connectivity index (χ0v) is 12.6. The highest BCUT2D eigenvalue weighted by molar-refractivity contribution is 9.10. The lowest BCUT2D eigenvalue weighted by Crippen LogP contribution is -2.45. The van der Waals surface area contributed by atoms with E-state index in [9.17, 15) is 9.90 Å². The van der Waals surface area contributed by atoms with Crippen LogP contribution in [0.4, 0.5) is 0 Å². The Kier molecular flexibility index (Phi) is 4.58. The van der Waals surface area contributed by atoms with Gasteiger partial charge in [-0.3, -0.25) is 4.79 Å². The van der Waals surface area contributed by atoms with E-state index in [-0.39, 0.29) is 5.91 Å². The molecule has 1 amide bonds. The molecule has 1 aromatic rings. The highest BCUT2D eigenvalue weighted by Crippen LogP contribution is 2.31. The number of carbonyl (C=O) groups is 1. The minimum atomic E-state index is -0.752. The van der Waals surface area contributed by atoms with Gasteiger partial charge in [-0.1, -0.05) is 6.92 Å². The third-order valence-electron chi connectivity index (χ3n) is 3.74. The van der Waals surface area contributed by atoms with E-state index < -0.39 is 5.60 Å². The van der Waals surface area contributed by atoms with Crippen LogP contribution in [-0.2, 0) is 0 Å². The number of pyridine rings is 1. The Morgan fingerprint density at radius 2 is 2.21 bits per heavy atom. The SMILES string of the molecule is CC1CCC(O)(CNC(=O)c2ccc(Br)cn2)CC1. The van der Waals surface area contributed by atoms with Crippen LogP contribution in [0, 0.1) is 5.92 Å². The Morgan fingerprint density at radius 3 is 2.79 bits per heavy atom. The van der Waals surface area contributed by atoms with Crippen LogP contribution in [0.25, 0.3) is 0 Å². The van der Waals surface area contributed by atoms with Crippen molar-refractivity contribution in [1.82, 2.24) is 10.3 Å². The quantitative estimate of drug-likeness (QED) is 0.897. The maximum Gasteiger partial charge on any atom is 0.269 e. The number of carbonyl (C=O) groups excluding carboxylic acids is 1. The summed E-state index contributed by atoms with van der Waals surface area (Å²) >= 11 is 3.28. The summed E-state index contributed by atoms with van der Waals surface area (Å²) in [5, 5.41) is 13.2. The molecule has 0 aliphatic heterocycles. The fraction of sp³-hybridized carbons (Fsp3) is 0.571. The molecule has 104 valence electrons. The van der Waals surface area contributed by atoms with E-state index in [0.717, 1.165) is 30.2 Å². The van der Waals surface area contributed by atoms with Crippen molar-refractivity contribution in [3.05, 3.63) is 28.5 Å². The molecule has 4 nitrogen and oxygen atoms in total. The molecule has 1 fully saturated rings. The summed E-state index contributed by atoms with van der Waals surface area (Å²) in [5.74, 6) is 0.434. The van der Waals surface area contributed by atoms with Gasteiger partial charge < -0.3 is 10.4 Å². The largest absolute Gasteiger partial charge is 0.388 e. The lowest BCUT2D eigenvalue weighted by molar-refractivity contribution is -0.00543. The highest BCUT2D eigenvalue weighted by Gasteiger charge is 2.32. The van der Waals surface area contributed by atoms with Gasteiger partial charge in [0.05, 0.1) is 5.60 Å². The number of nitrogens with zero attached hydrogens (tertiary/aromatic N) is 1. The molecule has 0 saturated heterocycles. The van der Waals surface area contributed by atoms with E-state index in [1.165, 1.54) is 0 Å². The van der Waals surface area contributed by atoms with Crippen molar-refractivity contribution in [2.75, 3.05) is 6.54 Å². The van der Waals surface area contributed by atoms with Gasteiger partial charge in [-0.2, -0.15) is 0 Å². The van der Waals surface area contributed by atoms with Gasteiger partial charge in [0.1, 0.15) is 5.69 Å². The lowest BCUT2D eigenvalue weighted by Gasteiger charge is -2.34. The molecule has 19 heavy (non-hydrogen) atoms. The van der Waals surface area contributed by atoms with Crippen molar-refractivity contribution in [2.45, 2.75) is 38.2 Å². The predicted octanol–water partition coefficient (Wildman–Crippen LogP) is 2.52. The van der Waals surface area contributed by atoms with Gasteiger partial charge in [0, 0.05) is 17.2 Å². The van der Waals surface area contributed by atoms with E-state index in [2.05, 4.69) is 33.2 Å². The number of hydrogen-bond donors (Lipinski definition) is 2. The standard InChI is InChI=1S/C14H19BrN2O2/c1-10-4-6-14(19,7-5-10)9-17-13(18)12-3-2-11(15)8-16-12/h2-3,8,10,19H,4-7,9H2,1H3,(H,17,18). The number of rotatable bonds is 3. The van der Waals surface area contributed by atoms with Crippen molar-refractivity contribution in [1.29, 1.82) is 0 Å². The maximum atomic E-state index is 11.9. The third-order valence-corrected chi connectivity index (χ3v) is 4.21. The molecule has 1 aliphatic rings. The lowest BCUT2D eigenvalue weighted by atomic mass is 9.79. The van der Waals surface area contributed by atoms with Crippen molar-refractivity contribution in [3.8, 4) is 0 Å². The van der Waals surface area contributed by atoms with Crippen LogP contribution in [0.3, 0.4) is 0 Å². The monoisotopic (exact) mass is 326 g/mol. The molecule has 2 N–H and O–H groups in total. The summed E-state index contributed by atoms with van der Waals surface area (Å²) in [6.45, 7) is 2.50. The Labute approximate surface area is 121 Å². The molecule has 0 unspecified atom stereocenters. The second kappa shape index (κ2) is 6.01. The number of halogens is 1. The minimum Gasteiger partial charge on any atom is -0.388 e. The first-order valence-corrected chi connectivity index (χ1v) is 7.40. The number of aliphatic hydroxyl groups is 1. The molecule has 0 aromatic carbocycles. The number of aromatic nitrogens is 1. The topological polar surface area (TPSA) is 62.2 Å². The van der Waals surface area contributed by atoms with E-state index in [1.54, 1.807) is 18.3 Å². The second-order valence-electron chi connectivity index (χ2n) is 5.45. The summed E-state index contributed by atoms with van der Waals surface area (Å²) in [4.78, 5) is 15.9. The maximum absolute atomic E-state index is 11.9. The van der Waals surface area contributed by atoms with Crippen LogP contribution < -0.4 is 5.32 Å². The first-order chi connectivity index (χ1) is 8.98. The summed E-state index contributed by atoms with van der Waals surface area (Å²) in [5.41, 5.74) is -0.381. The van der Waals surface area contributed by atoms with Crippen molar-refractivity contribution in [3.63, 3.8) is 0 Å². The predicted molar refractivity (Wildman–Crippen MR) is 76.9 cm³/mol. The number of nitrogens with one attached hydrogen (secondary N) is 1. The molecule has 0 atom stereocenters. The van der Waals surface area contributed by atoms with Crippen LogP contribution in [0.5, 0.6) is 0 Å². The molecule has 1 aromatic heterocycles. The zero-order chi connectivity index (χ0) is 13.9. The first kappa shape index (κ1) is 14.5. The normalized spacial score (nSPS) is 27.0. The summed E-state index contributed by atoms with van der Waals surface area (Å²) < 4.78 is 0.837. The number of amides is 1. The molecular weight excluding hydrogens is 308 g/mol. The number of hydrogen-bond acceptors (Lipinski definition) is 3. The molecule has 1 saturated carbocycles. The highest BCUT2D eigenvalue weighted by atomic mass is 79.9. The van der Waals surface area contributed by atoms with E-state index in [0.29, 0.717) is 18.2 Å². The second-order valence-corrected chi connectivity index (χ2v) is 6.37. The Balaban J connectivity index is 1.88. The van der Waals surface area contributed by atoms with Crippen LogP contribution in [-0.4, -0.2) is 28.1 Å². The fourth-order valence-electron chi connectivity index (χ4n) is 2.32. The van der Waals surface area contributed by atoms with Crippen LogP contribution in [0.2, 0.25) is 0 Å². The molecule has 1 aliphatic carbocycles. The average molecular weight is 327 g/mol. The van der Waals surface area contributed by atoms with Gasteiger partial charge in [0.25, 0.3) is 5.91 Å². The molecule has 0 spiro atoms. The van der Waals surface area contributed by atoms with E-state index in [1.807, 2.05) is 0 Å². The van der Waals surface area contributed by atoms with Gasteiger partial charge in [0.2, 0.25) is 0 Å². The van der Waals surface area contributed by atoms with Crippen molar-refractivity contribution >= 4 is 21.8 Å². The minimum absolute atomic E-state index is 0.237. The molecule has 0 bridgehead atoms. The molecule has 0 radical (unpaired) electrons. The van der Waals surface area contributed by atoms with Crippen LogP contribution in [0.15, 0.2) is 22.8 Å². The third kappa shape index (κ3) is 4.01. The van der Waals surface area contributed by atoms with Crippen LogP contribution in [0.1, 0.15) is 43.1 Å². The average Bonchev–Trinajstić information content (AvgIpc) is 2.41. The Hall–Kier alpha value is -0.940. The van der Waals surface area contributed by atoms with E-state index >= 15 is 0 Å². The van der Waals surface area contributed by atoms with Gasteiger partial charge in [0.15, 0.2) is 0 Å². The first-order valence-electron chi connectivity index (χ1n) is 6.61. The summed E-state index contributed by atoms with van der Waals surface area (Å²) in [6.07, 6.45) is 5.13. The van der Waals surface area contributed by atoms with Gasteiger partial charge in [-0.05, 0) is 59.7 Å². The fourth-order valence-corrected chi connectivity index (χ4v) is 2.56. The molecule has 2 rings (SSSR count). The van der Waals surface area contributed by atoms with Crippen molar-refractivity contribution < 1.29 is 9.90 Å². The zero-order valence-electron chi connectivity index (χ0n) is 11.0. The smallest absolute Gasteiger partial charge is 0.269 e. The Morgan fingerprint density at radius 1 is 1.53 bits per heavy atom.